The van der Waals surface area contributed by atoms with Crippen molar-refractivity contribution in [1.29, 1.82) is 0 Å². The van der Waals surface area contributed by atoms with Crippen LogP contribution < -0.4 is 5.32 Å². The summed E-state index contributed by atoms with van der Waals surface area (Å²) in [6.07, 6.45) is 1.41. The zero-order valence-electron chi connectivity index (χ0n) is 11.5. The summed E-state index contributed by atoms with van der Waals surface area (Å²) >= 11 is 1.72. The van der Waals surface area contributed by atoms with Gasteiger partial charge in [-0.3, -0.25) is 9.59 Å². The van der Waals surface area contributed by atoms with Gasteiger partial charge in [0.15, 0.2) is 0 Å². The van der Waals surface area contributed by atoms with Crippen molar-refractivity contribution in [3.05, 3.63) is 35.9 Å². The molecule has 0 bridgehead atoms. The predicted molar refractivity (Wildman–Crippen MR) is 79.0 cm³/mol. The fourth-order valence-electron chi connectivity index (χ4n) is 2.92. The topological polar surface area (TPSA) is 49.4 Å². The molecular formula is C15H18N2O2S. The Bertz CT molecular complexity index is 534. The minimum absolute atomic E-state index is 0.0414. The van der Waals surface area contributed by atoms with Gasteiger partial charge in [-0.15, -0.1) is 11.8 Å². The highest BCUT2D eigenvalue weighted by atomic mass is 32.2. The first kappa shape index (κ1) is 13.5. The second-order valence-electron chi connectivity index (χ2n) is 5.47. The molecule has 106 valence electrons. The number of carbonyl (C=O) groups is 2. The number of amides is 2. The monoisotopic (exact) mass is 290 g/mol. The molecule has 2 saturated heterocycles. The maximum atomic E-state index is 12.3. The van der Waals surface area contributed by atoms with E-state index in [4.69, 9.17) is 0 Å². The number of thioether (sulfide) groups is 1. The zero-order chi connectivity index (χ0) is 14.2. The van der Waals surface area contributed by atoms with Gasteiger partial charge in [0.1, 0.15) is 6.04 Å². The molecule has 0 radical (unpaired) electrons. The zero-order valence-corrected chi connectivity index (χ0v) is 12.3. The Labute approximate surface area is 122 Å². The van der Waals surface area contributed by atoms with Gasteiger partial charge in [-0.1, -0.05) is 30.3 Å². The van der Waals surface area contributed by atoms with E-state index in [0.717, 1.165) is 12.0 Å². The van der Waals surface area contributed by atoms with E-state index in [1.54, 1.807) is 16.7 Å². The number of benzene rings is 1. The molecule has 2 heterocycles. The summed E-state index contributed by atoms with van der Waals surface area (Å²) in [5, 5.41) is 2.95. The van der Waals surface area contributed by atoms with E-state index >= 15 is 0 Å². The maximum absolute atomic E-state index is 12.3. The second-order valence-corrected chi connectivity index (χ2v) is 6.97. The lowest BCUT2D eigenvalue weighted by molar-refractivity contribution is -0.138. The van der Waals surface area contributed by atoms with Gasteiger partial charge in [0.25, 0.3) is 0 Å². The first-order chi connectivity index (χ1) is 9.60. The van der Waals surface area contributed by atoms with Crippen molar-refractivity contribution in [2.24, 2.45) is 0 Å². The molecule has 1 aromatic carbocycles. The van der Waals surface area contributed by atoms with Crippen LogP contribution in [0.2, 0.25) is 0 Å². The Balaban J connectivity index is 1.65. The second kappa shape index (κ2) is 5.13. The molecule has 20 heavy (non-hydrogen) atoms. The molecule has 4 nitrogen and oxygen atoms in total. The van der Waals surface area contributed by atoms with Gasteiger partial charge in [0, 0.05) is 18.7 Å². The van der Waals surface area contributed by atoms with Crippen LogP contribution >= 0.6 is 11.8 Å². The van der Waals surface area contributed by atoms with Crippen LogP contribution in [0.4, 0.5) is 0 Å². The lowest BCUT2D eigenvalue weighted by Crippen LogP contribution is -2.49. The highest BCUT2D eigenvalue weighted by Gasteiger charge is 2.52. The molecule has 2 atom stereocenters. The smallest absolute Gasteiger partial charge is 0.243 e. The summed E-state index contributed by atoms with van der Waals surface area (Å²) in [7, 11) is 0. The fraction of sp³-hybridized carbons (Fsp3) is 0.467. The molecule has 2 amide bonds. The van der Waals surface area contributed by atoms with E-state index in [9.17, 15) is 9.59 Å². The minimum atomic E-state index is -0.316. The standard InChI is InChI=1S/C15H18N2O2S/c1-15-8-7-13(18)17(15)12(10-20-15)14(19)16-9-11-5-3-2-4-6-11/h2-6,12H,7-10H2,1H3,(H,16,19)/t12-,15+/m1/s1. The summed E-state index contributed by atoms with van der Waals surface area (Å²) in [6.45, 7) is 2.58. The maximum Gasteiger partial charge on any atom is 0.243 e. The summed E-state index contributed by atoms with van der Waals surface area (Å²) in [6, 6.07) is 9.50. The average Bonchev–Trinajstić information content (AvgIpc) is 2.95. The van der Waals surface area contributed by atoms with Crippen molar-refractivity contribution in [2.75, 3.05) is 5.75 Å². The molecule has 0 aliphatic carbocycles. The minimum Gasteiger partial charge on any atom is -0.350 e. The van der Waals surface area contributed by atoms with Gasteiger partial charge in [-0.2, -0.15) is 0 Å². The molecule has 5 heteroatoms. The molecule has 0 unspecified atom stereocenters. The molecule has 2 fully saturated rings. The van der Waals surface area contributed by atoms with Crippen LogP contribution in [-0.4, -0.2) is 33.4 Å². The van der Waals surface area contributed by atoms with Gasteiger partial charge in [-0.05, 0) is 18.9 Å². The fourth-order valence-corrected chi connectivity index (χ4v) is 4.35. The first-order valence-electron chi connectivity index (χ1n) is 6.88. The van der Waals surface area contributed by atoms with Crippen LogP contribution in [0.5, 0.6) is 0 Å². The van der Waals surface area contributed by atoms with E-state index in [1.165, 1.54) is 0 Å². The number of rotatable bonds is 3. The first-order valence-corrected chi connectivity index (χ1v) is 7.86. The van der Waals surface area contributed by atoms with Gasteiger partial charge in [0.05, 0.1) is 4.87 Å². The summed E-state index contributed by atoms with van der Waals surface area (Å²) in [4.78, 5) is 25.9. The molecule has 0 aromatic heterocycles. The van der Waals surface area contributed by atoms with Crippen molar-refractivity contribution in [3.63, 3.8) is 0 Å². The Kier molecular flexibility index (Phi) is 3.46. The van der Waals surface area contributed by atoms with Crippen LogP contribution in [0.25, 0.3) is 0 Å². The highest BCUT2D eigenvalue weighted by molar-refractivity contribution is 8.01. The molecule has 2 aliphatic heterocycles. The lowest BCUT2D eigenvalue weighted by atomic mass is 10.2. The van der Waals surface area contributed by atoms with E-state index in [0.29, 0.717) is 18.7 Å². The number of hydrogen-bond acceptors (Lipinski definition) is 3. The Morgan fingerprint density at radius 2 is 2.20 bits per heavy atom. The third kappa shape index (κ3) is 2.30. The third-order valence-electron chi connectivity index (χ3n) is 4.06. The van der Waals surface area contributed by atoms with Crippen LogP contribution in [0, 0.1) is 0 Å². The molecule has 0 saturated carbocycles. The van der Waals surface area contributed by atoms with Gasteiger partial charge in [-0.25, -0.2) is 0 Å². The van der Waals surface area contributed by atoms with Crippen LogP contribution in [0.3, 0.4) is 0 Å². The third-order valence-corrected chi connectivity index (χ3v) is 5.56. The summed E-state index contributed by atoms with van der Waals surface area (Å²) in [5.41, 5.74) is 1.07. The van der Waals surface area contributed by atoms with Crippen LogP contribution in [0.15, 0.2) is 30.3 Å². The molecule has 3 rings (SSSR count). The molecule has 1 N–H and O–H groups in total. The van der Waals surface area contributed by atoms with Gasteiger partial charge >= 0.3 is 0 Å². The van der Waals surface area contributed by atoms with E-state index in [1.807, 2.05) is 30.3 Å². The molecule has 2 aliphatic rings. The number of fused-ring (bicyclic) bond motifs is 1. The Morgan fingerprint density at radius 3 is 2.95 bits per heavy atom. The van der Waals surface area contributed by atoms with Gasteiger partial charge in [0.2, 0.25) is 11.8 Å². The normalized spacial score (nSPS) is 28.6. The van der Waals surface area contributed by atoms with E-state index < -0.39 is 0 Å². The quantitative estimate of drug-likeness (QED) is 0.923. The number of carbonyl (C=O) groups excluding carboxylic acids is 2. The van der Waals surface area contributed by atoms with Crippen LogP contribution in [0.1, 0.15) is 25.3 Å². The number of nitrogens with zero attached hydrogens (tertiary/aromatic N) is 1. The Morgan fingerprint density at radius 1 is 1.45 bits per heavy atom. The van der Waals surface area contributed by atoms with E-state index in [-0.39, 0.29) is 22.7 Å². The molecule has 1 aromatic rings. The summed E-state index contributed by atoms with van der Waals surface area (Å²) in [5.74, 6) is 0.765. The average molecular weight is 290 g/mol. The lowest BCUT2D eigenvalue weighted by Gasteiger charge is -2.29. The SMILES string of the molecule is C[C@]12CCC(=O)N1[C@@H](C(=O)NCc1ccccc1)CS2. The number of hydrogen-bond donors (Lipinski definition) is 1. The van der Waals surface area contributed by atoms with E-state index in [2.05, 4.69) is 12.2 Å². The Hall–Kier alpha value is -1.49. The van der Waals surface area contributed by atoms with Crippen molar-refractivity contribution >= 4 is 23.6 Å². The molecule has 0 spiro atoms. The largest absolute Gasteiger partial charge is 0.350 e. The van der Waals surface area contributed by atoms with Crippen molar-refractivity contribution < 1.29 is 9.59 Å². The van der Waals surface area contributed by atoms with Crippen molar-refractivity contribution in [3.8, 4) is 0 Å². The number of nitrogens with one attached hydrogen (secondary N) is 1. The van der Waals surface area contributed by atoms with Crippen molar-refractivity contribution in [2.45, 2.75) is 37.2 Å². The predicted octanol–water partition coefficient (Wildman–Crippen LogP) is 1.76. The van der Waals surface area contributed by atoms with Gasteiger partial charge < -0.3 is 10.2 Å². The summed E-state index contributed by atoms with van der Waals surface area (Å²) < 4.78 is 0. The van der Waals surface area contributed by atoms with Crippen LogP contribution in [-0.2, 0) is 16.1 Å². The highest BCUT2D eigenvalue weighted by Crippen LogP contribution is 2.47. The van der Waals surface area contributed by atoms with Crippen molar-refractivity contribution in [1.82, 2.24) is 10.2 Å². The molecular weight excluding hydrogens is 272 g/mol.